The molecule has 2 aromatic carbocycles. The molecule has 0 bridgehead atoms. The molecule has 0 radical (unpaired) electrons. The van der Waals surface area contributed by atoms with E-state index in [1.165, 1.54) is 44.4 Å². The van der Waals surface area contributed by atoms with Crippen molar-refractivity contribution in [2.75, 3.05) is 12.4 Å². The van der Waals surface area contributed by atoms with Crippen LogP contribution < -0.4 is 5.32 Å². The van der Waals surface area contributed by atoms with E-state index >= 15 is 0 Å². The number of amides is 2. The SMILES string of the molecule is COC(=O)c1ccccc1NC(=O)[C@H](C)N1C(=O)c2ccccc2S1(=O)=O. The molecule has 1 aliphatic heterocycles. The number of hydrogen-bond acceptors (Lipinski definition) is 6. The molecule has 0 unspecified atom stereocenters. The van der Waals surface area contributed by atoms with Gasteiger partial charge in [-0.25, -0.2) is 17.5 Å². The first-order valence-electron chi connectivity index (χ1n) is 7.95. The first-order chi connectivity index (χ1) is 12.8. The number of para-hydroxylation sites is 1. The molecule has 3 rings (SSSR count). The molecule has 0 aliphatic carbocycles. The number of nitrogens with one attached hydrogen (secondary N) is 1. The molecule has 1 atom stereocenters. The van der Waals surface area contributed by atoms with Gasteiger partial charge in [-0.3, -0.25) is 9.59 Å². The number of benzene rings is 2. The van der Waals surface area contributed by atoms with E-state index in [1.807, 2.05) is 0 Å². The van der Waals surface area contributed by atoms with E-state index in [2.05, 4.69) is 10.1 Å². The van der Waals surface area contributed by atoms with Crippen molar-refractivity contribution in [3.05, 3.63) is 59.7 Å². The zero-order valence-electron chi connectivity index (χ0n) is 14.5. The Hall–Kier alpha value is -3.20. The Balaban J connectivity index is 1.90. The van der Waals surface area contributed by atoms with Crippen LogP contribution in [0.4, 0.5) is 5.69 Å². The Morgan fingerprint density at radius 2 is 1.70 bits per heavy atom. The quantitative estimate of drug-likeness (QED) is 0.798. The molecule has 0 fully saturated rings. The maximum absolute atomic E-state index is 12.7. The fourth-order valence-corrected chi connectivity index (χ4v) is 4.53. The Labute approximate surface area is 155 Å². The van der Waals surface area contributed by atoms with E-state index in [9.17, 15) is 22.8 Å². The van der Waals surface area contributed by atoms with Crippen LogP contribution in [0.25, 0.3) is 0 Å². The highest BCUT2D eigenvalue weighted by Crippen LogP contribution is 2.32. The highest BCUT2D eigenvalue weighted by molar-refractivity contribution is 7.90. The lowest BCUT2D eigenvalue weighted by atomic mass is 10.1. The number of methoxy groups -OCH3 is 1. The van der Waals surface area contributed by atoms with Gasteiger partial charge >= 0.3 is 5.97 Å². The van der Waals surface area contributed by atoms with Crippen LogP contribution in [0.15, 0.2) is 53.4 Å². The lowest BCUT2D eigenvalue weighted by Crippen LogP contribution is -2.45. The van der Waals surface area contributed by atoms with Crippen LogP contribution in [-0.4, -0.2) is 43.7 Å². The van der Waals surface area contributed by atoms with Crippen molar-refractivity contribution >= 4 is 33.5 Å². The number of nitrogens with zero attached hydrogens (tertiary/aromatic N) is 1. The number of anilines is 1. The number of rotatable bonds is 4. The summed E-state index contributed by atoms with van der Waals surface area (Å²) in [6.45, 7) is 1.30. The Bertz CT molecular complexity index is 1050. The standard InChI is InChI=1S/C18H16N2O6S/c1-11(16(21)19-14-9-5-3-7-12(14)18(23)26-2)20-17(22)13-8-4-6-10-15(13)27(20,24)25/h3-11H,1-2H3,(H,19,21)/t11-/m0/s1. The molecule has 9 heteroatoms. The van der Waals surface area contributed by atoms with Crippen molar-refractivity contribution in [1.29, 1.82) is 0 Å². The summed E-state index contributed by atoms with van der Waals surface area (Å²) < 4.78 is 30.5. The third-order valence-electron chi connectivity index (χ3n) is 4.18. The number of sulfonamides is 1. The summed E-state index contributed by atoms with van der Waals surface area (Å²) in [6.07, 6.45) is 0. The van der Waals surface area contributed by atoms with Crippen LogP contribution in [0.1, 0.15) is 27.6 Å². The van der Waals surface area contributed by atoms with Crippen LogP contribution in [0.2, 0.25) is 0 Å². The van der Waals surface area contributed by atoms with Crippen molar-refractivity contribution < 1.29 is 27.5 Å². The minimum absolute atomic E-state index is 0.0205. The van der Waals surface area contributed by atoms with E-state index in [1.54, 1.807) is 18.2 Å². The number of fused-ring (bicyclic) bond motifs is 1. The Kier molecular flexibility index (Phi) is 4.71. The maximum atomic E-state index is 12.7. The number of carbonyl (C=O) groups is 3. The summed E-state index contributed by atoms with van der Waals surface area (Å²) in [5.41, 5.74) is 0.286. The van der Waals surface area contributed by atoms with Gasteiger partial charge in [-0.1, -0.05) is 24.3 Å². The lowest BCUT2D eigenvalue weighted by Gasteiger charge is -2.22. The first-order valence-corrected chi connectivity index (χ1v) is 9.39. The molecule has 1 aliphatic rings. The summed E-state index contributed by atoms with van der Waals surface area (Å²) in [7, 11) is -2.93. The summed E-state index contributed by atoms with van der Waals surface area (Å²) in [5, 5.41) is 2.49. The molecule has 0 saturated heterocycles. The average molecular weight is 388 g/mol. The number of esters is 1. The van der Waals surface area contributed by atoms with Gasteiger partial charge in [-0.2, -0.15) is 0 Å². The van der Waals surface area contributed by atoms with Crippen molar-refractivity contribution in [3.8, 4) is 0 Å². The van der Waals surface area contributed by atoms with Gasteiger partial charge in [0, 0.05) is 0 Å². The smallest absolute Gasteiger partial charge is 0.339 e. The predicted octanol–water partition coefficient (Wildman–Crippen LogP) is 1.64. The third-order valence-corrected chi connectivity index (χ3v) is 6.09. The van der Waals surface area contributed by atoms with E-state index in [0.29, 0.717) is 4.31 Å². The second kappa shape index (κ2) is 6.84. The summed E-state index contributed by atoms with van der Waals surface area (Å²) in [4.78, 5) is 36.8. The van der Waals surface area contributed by atoms with Crippen LogP contribution >= 0.6 is 0 Å². The van der Waals surface area contributed by atoms with Crippen LogP contribution in [0.5, 0.6) is 0 Å². The van der Waals surface area contributed by atoms with Gasteiger partial charge in [0.05, 0.1) is 23.9 Å². The van der Waals surface area contributed by atoms with Gasteiger partial charge in [0.15, 0.2) is 0 Å². The monoisotopic (exact) mass is 388 g/mol. The fraction of sp³-hybridized carbons (Fsp3) is 0.167. The van der Waals surface area contributed by atoms with Crippen molar-refractivity contribution in [1.82, 2.24) is 4.31 Å². The first kappa shape index (κ1) is 18.6. The molecule has 140 valence electrons. The molecule has 0 saturated carbocycles. The molecule has 8 nitrogen and oxygen atoms in total. The normalized spacial score (nSPS) is 15.8. The molecular formula is C18H16N2O6S. The molecule has 1 N–H and O–H groups in total. The van der Waals surface area contributed by atoms with Gasteiger partial charge in [-0.15, -0.1) is 0 Å². The van der Waals surface area contributed by atoms with Gasteiger partial charge < -0.3 is 10.1 Å². The van der Waals surface area contributed by atoms with E-state index in [0.717, 1.165) is 0 Å². The molecule has 2 amide bonds. The largest absolute Gasteiger partial charge is 0.465 e. The molecule has 27 heavy (non-hydrogen) atoms. The number of hydrogen-bond donors (Lipinski definition) is 1. The van der Waals surface area contributed by atoms with E-state index < -0.39 is 33.8 Å². The highest BCUT2D eigenvalue weighted by atomic mass is 32.2. The zero-order valence-corrected chi connectivity index (χ0v) is 15.3. The van der Waals surface area contributed by atoms with Crippen molar-refractivity contribution in [2.45, 2.75) is 17.9 Å². The predicted molar refractivity (Wildman–Crippen MR) is 95.7 cm³/mol. The van der Waals surface area contributed by atoms with Crippen LogP contribution in [0.3, 0.4) is 0 Å². The van der Waals surface area contributed by atoms with Crippen LogP contribution in [0, 0.1) is 0 Å². The topological polar surface area (TPSA) is 110 Å². The maximum Gasteiger partial charge on any atom is 0.339 e. The average Bonchev–Trinajstić information content (AvgIpc) is 2.87. The molecule has 0 spiro atoms. The summed E-state index contributed by atoms with van der Waals surface area (Å²) in [5.74, 6) is -2.18. The Morgan fingerprint density at radius 1 is 1.07 bits per heavy atom. The van der Waals surface area contributed by atoms with Gasteiger partial charge in [0.2, 0.25) is 5.91 Å². The van der Waals surface area contributed by atoms with Gasteiger partial charge in [-0.05, 0) is 31.2 Å². The fourth-order valence-electron chi connectivity index (χ4n) is 2.81. The van der Waals surface area contributed by atoms with E-state index in [-0.39, 0.29) is 21.7 Å². The Morgan fingerprint density at radius 3 is 2.37 bits per heavy atom. The summed E-state index contributed by atoms with van der Waals surface area (Å²) in [6, 6.07) is 10.6. The number of ether oxygens (including phenoxy) is 1. The third kappa shape index (κ3) is 3.06. The molecule has 2 aromatic rings. The molecule has 1 heterocycles. The summed E-state index contributed by atoms with van der Waals surface area (Å²) >= 11 is 0. The van der Waals surface area contributed by atoms with Crippen molar-refractivity contribution in [2.24, 2.45) is 0 Å². The highest BCUT2D eigenvalue weighted by Gasteiger charge is 2.45. The van der Waals surface area contributed by atoms with Crippen LogP contribution in [-0.2, 0) is 19.6 Å². The van der Waals surface area contributed by atoms with E-state index in [4.69, 9.17) is 0 Å². The number of carbonyl (C=O) groups excluding carboxylic acids is 3. The molecular weight excluding hydrogens is 372 g/mol. The second-order valence-electron chi connectivity index (χ2n) is 5.80. The minimum Gasteiger partial charge on any atom is -0.465 e. The van der Waals surface area contributed by atoms with Crippen molar-refractivity contribution in [3.63, 3.8) is 0 Å². The second-order valence-corrected chi connectivity index (χ2v) is 7.59. The lowest BCUT2D eigenvalue weighted by molar-refractivity contribution is -0.118. The molecule has 0 aromatic heterocycles. The van der Waals surface area contributed by atoms with Gasteiger partial charge in [0.1, 0.15) is 10.9 Å². The van der Waals surface area contributed by atoms with Gasteiger partial charge in [0.25, 0.3) is 15.9 Å². The minimum atomic E-state index is -4.13. The zero-order chi connectivity index (χ0) is 19.8.